The SMILES string of the molecule is CC1=C(C#N)C(c2ccc(Br)o2)=NC(N)N1S. The molecule has 0 saturated heterocycles. The molecule has 1 aromatic heterocycles. The Morgan fingerprint density at radius 2 is 2.35 bits per heavy atom. The summed E-state index contributed by atoms with van der Waals surface area (Å²) in [4.78, 5) is 4.20. The summed E-state index contributed by atoms with van der Waals surface area (Å²) in [6.45, 7) is 1.76. The number of allylic oxidation sites excluding steroid dienone is 2. The van der Waals surface area contributed by atoms with Gasteiger partial charge in [-0.25, -0.2) is 4.99 Å². The molecule has 0 aromatic carbocycles. The molecule has 2 heterocycles. The van der Waals surface area contributed by atoms with E-state index in [1.165, 1.54) is 4.31 Å². The van der Waals surface area contributed by atoms with E-state index in [-0.39, 0.29) is 0 Å². The third-order valence-electron chi connectivity index (χ3n) is 2.37. The first kappa shape index (κ1) is 12.2. The van der Waals surface area contributed by atoms with Gasteiger partial charge in [0.1, 0.15) is 17.4 Å². The number of hydrogen-bond donors (Lipinski definition) is 2. The largest absolute Gasteiger partial charge is 0.448 e. The molecule has 0 bridgehead atoms. The first-order valence-corrected chi connectivity index (χ1v) is 5.92. The maximum atomic E-state index is 9.16. The van der Waals surface area contributed by atoms with E-state index >= 15 is 0 Å². The molecule has 0 amide bonds. The molecule has 1 atom stereocenters. The maximum absolute atomic E-state index is 9.16. The molecule has 1 aliphatic rings. The number of halogens is 1. The Labute approximate surface area is 112 Å². The molecule has 0 aliphatic carbocycles. The van der Waals surface area contributed by atoms with Crippen LogP contribution in [0.25, 0.3) is 0 Å². The predicted octanol–water partition coefficient (Wildman–Crippen LogP) is 2.03. The smallest absolute Gasteiger partial charge is 0.183 e. The van der Waals surface area contributed by atoms with Crippen LogP contribution in [0.2, 0.25) is 0 Å². The van der Waals surface area contributed by atoms with Gasteiger partial charge in [0.25, 0.3) is 0 Å². The number of nitrogens with zero attached hydrogens (tertiary/aromatic N) is 3. The Hall–Kier alpha value is -1.23. The van der Waals surface area contributed by atoms with Crippen molar-refractivity contribution in [2.24, 2.45) is 10.7 Å². The highest BCUT2D eigenvalue weighted by atomic mass is 79.9. The van der Waals surface area contributed by atoms with E-state index in [9.17, 15) is 0 Å². The fourth-order valence-corrected chi connectivity index (χ4v) is 1.96. The normalized spacial score (nSPS) is 20.3. The number of nitrogens with two attached hydrogens (primary N) is 1. The van der Waals surface area contributed by atoms with Crippen LogP contribution in [0.5, 0.6) is 0 Å². The Morgan fingerprint density at radius 1 is 1.65 bits per heavy atom. The van der Waals surface area contributed by atoms with Gasteiger partial charge < -0.3 is 4.42 Å². The average molecular weight is 313 g/mol. The van der Waals surface area contributed by atoms with Gasteiger partial charge in [-0.15, -0.1) is 0 Å². The number of thiol groups is 1. The van der Waals surface area contributed by atoms with Crippen LogP contribution >= 0.6 is 28.7 Å². The summed E-state index contributed by atoms with van der Waals surface area (Å²) in [5.41, 5.74) is 7.30. The van der Waals surface area contributed by atoms with Crippen LogP contribution in [0.15, 0.2) is 37.5 Å². The van der Waals surface area contributed by atoms with Crippen LogP contribution in [0.3, 0.4) is 0 Å². The molecule has 7 heteroatoms. The van der Waals surface area contributed by atoms with E-state index in [2.05, 4.69) is 39.8 Å². The average Bonchev–Trinajstić information content (AvgIpc) is 2.72. The summed E-state index contributed by atoms with van der Waals surface area (Å²) >= 11 is 7.38. The minimum atomic E-state index is -0.630. The molecule has 0 fully saturated rings. The lowest BCUT2D eigenvalue weighted by atomic mass is 10.1. The van der Waals surface area contributed by atoms with Crippen LogP contribution in [-0.2, 0) is 0 Å². The second-order valence-electron chi connectivity index (χ2n) is 3.41. The number of nitriles is 1. The van der Waals surface area contributed by atoms with Crippen LogP contribution in [-0.4, -0.2) is 16.3 Å². The summed E-state index contributed by atoms with van der Waals surface area (Å²) in [5, 5.41) is 9.16. The Morgan fingerprint density at radius 3 is 2.88 bits per heavy atom. The monoisotopic (exact) mass is 312 g/mol. The third-order valence-corrected chi connectivity index (χ3v) is 3.34. The highest BCUT2D eigenvalue weighted by Gasteiger charge is 2.26. The van der Waals surface area contributed by atoms with Gasteiger partial charge >= 0.3 is 0 Å². The Bertz CT molecular complexity index is 557. The number of rotatable bonds is 1. The van der Waals surface area contributed by atoms with Gasteiger partial charge in [0, 0.05) is 5.70 Å². The fraction of sp³-hybridized carbons (Fsp3) is 0.200. The Balaban J connectivity index is 2.53. The third kappa shape index (κ3) is 2.11. The van der Waals surface area contributed by atoms with E-state index < -0.39 is 6.29 Å². The highest BCUT2D eigenvalue weighted by Crippen LogP contribution is 2.26. The van der Waals surface area contributed by atoms with Crippen molar-refractivity contribution in [3.8, 4) is 6.07 Å². The van der Waals surface area contributed by atoms with Gasteiger partial charge in [0.2, 0.25) is 0 Å². The van der Waals surface area contributed by atoms with Crippen molar-refractivity contribution in [3.05, 3.63) is 33.8 Å². The van der Waals surface area contributed by atoms with E-state index in [0.717, 1.165) is 0 Å². The predicted molar refractivity (Wildman–Crippen MR) is 70.1 cm³/mol. The molecule has 5 nitrogen and oxygen atoms in total. The lowest BCUT2D eigenvalue weighted by Gasteiger charge is -2.28. The fourth-order valence-electron chi connectivity index (χ4n) is 1.50. The minimum Gasteiger partial charge on any atom is -0.448 e. The van der Waals surface area contributed by atoms with Gasteiger partial charge in [0.05, 0.1) is 0 Å². The van der Waals surface area contributed by atoms with Crippen molar-refractivity contribution in [2.75, 3.05) is 0 Å². The van der Waals surface area contributed by atoms with E-state index in [0.29, 0.717) is 27.4 Å². The lowest BCUT2D eigenvalue weighted by Crippen LogP contribution is -2.38. The van der Waals surface area contributed by atoms with Crippen molar-refractivity contribution in [1.29, 1.82) is 5.26 Å². The van der Waals surface area contributed by atoms with E-state index in [1.54, 1.807) is 19.1 Å². The van der Waals surface area contributed by atoms with Crippen LogP contribution < -0.4 is 5.73 Å². The molecular formula is C10H9BrN4OS. The lowest BCUT2D eigenvalue weighted by molar-refractivity contribution is 0.434. The molecule has 0 saturated carbocycles. The quantitative estimate of drug-likeness (QED) is 0.778. The van der Waals surface area contributed by atoms with Gasteiger partial charge in [0.15, 0.2) is 16.7 Å². The summed E-state index contributed by atoms with van der Waals surface area (Å²) in [5.74, 6) is 0.504. The zero-order chi connectivity index (χ0) is 12.6. The molecule has 88 valence electrons. The van der Waals surface area contributed by atoms with Crippen molar-refractivity contribution in [3.63, 3.8) is 0 Å². The minimum absolute atomic E-state index is 0.406. The van der Waals surface area contributed by atoms with Gasteiger partial charge in [-0.2, -0.15) is 5.26 Å². The van der Waals surface area contributed by atoms with Crippen molar-refractivity contribution >= 4 is 34.5 Å². The molecule has 1 aliphatic heterocycles. The molecule has 0 radical (unpaired) electrons. The molecule has 0 spiro atoms. The molecule has 2 rings (SSSR count). The summed E-state index contributed by atoms with van der Waals surface area (Å²) in [7, 11) is 0. The molecule has 17 heavy (non-hydrogen) atoms. The second-order valence-corrected chi connectivity index (χ2v) is 4.62. The maximum Gasteiger partial charge on any atom is 0.183 e. The van der Waals surface area contributed by atoms with Crippen molar-refractivity contribution < 1.29 is 4.42 Å². The molecular weight excluding hydrogens is 304 g/mol. The summed E-state index contributed by atoms with van der Waals surface area (Å²) in [6.07, 6.45) is -0.630. The van der Waals surface area contributed by atoms with E-state index in [4.69, 9.17) is 15.4 Å². The second kappa shape index (κ2) is 4.56. The topological polar surface area (TPSA) is 78.5 Å². The van der Waals surface area contributed by atoms with Gasteiger partial charge in [-0.05, 0) is 35.0 Å². The summed E-state index contributed by atoms with van der Waals surface area (Å²) < 4.78 is 7.41. The van der Waals surface area contributed by atoms with Crippen molar-refractivity contribution in [1.82, 2.24) is 4.31 Å². The molecule has 1 unspecified atom stereocenters. The number of furan rings is 1. The summed E-state index contributed by atoms with van der Waals surface area (Å²) in [6, 6.07) is 5.56. The van der Waals surface area contributed by atoms with Crippen LogP contribution in [0.1, 0.15) is 12.7 Å². The van der Waals surface area contributed by atoms with E-state index in [1.807, 2.05) is 0 Å². The molecule has 2 N–H and O–H groups in total. The highest BCUT2D eigenvalue weighted by molar-refractivity contribution is 9.10. The zero-order valence-corrected chi connectivity index (χ0v) is 11.4. The van der Waals surface area contributed by atoms with Crippen molar-refractivity contribution in [2.45, 2.75) is 13.2 Å². The first-order chi connectivity index (χ1) is 8.04. The van der Waals surface area contributed by atoms with Gasteiger partial charge in [-0.1, -0.05) is 12.8 Å². The van der Waals surface area contributed by atoms with Crippen LogP contribution in [0.4, 0.5) is 0 Å². The standard InChI is InChI=1S/C10H9BrN4OS/c1-5-6(4-12)9(14-10(13)15(5)17)7-2-3-8(11)16-7/h2-3,10,17H,13H2,1H3. The van der Waals surface area contributed by atoms with Crippen LogP contribution in [0, 0.1) is 11.3 Å². The zero-order valence-electron chi connectivity index (χ0n) is 8.88. The first-order valence-electron chi connectivity index (χ1n) is 4.73. The Kier molecular flexibility index (Phi) is 3.28. The number of hydrogen-bond acceptors (Lipinski definition) is 6. The van der Waals surface area contributed by atoms with Gasteiger partial charge in [-0.3, -0.25) is 10.0 Å². The molecule has 1 aromatic rings. The number of aliphatic imine (C=N–C) groups is 1.